The minimum absolute atomic E-state index is 0.179. The van der Waals surface area contributed by atoms with Gasteiger partial charge in [0.15, 0.2) is 0 Å². The topological polar surface area (TPSA) is 62.9 Å². The highest BCUT2D eigenvalue weighted by Crippen LogP contribution is 2.29. The number of aliphatic hydroxyl groups excluding tert-OH is 1. The van der Waals surface area contributed by atoms with Crippen molar-refractivity contribution >= 4 is 6.09 Å². The van der Waals surface area contributed by atoms with Crippen LogP contribution in [0.5, 0.6) is 0 Å². The summed E-state index contributed by atoms with van der Waals surface area (Å²) in [7, 11) is 0. The molecule has 1 aliphatic heterocycles. The maximum Gasteiger partial charge on any atom is 0.410 e. The second-order valence-electron chi connectivity index (χ2n) is 6.09. The largest absolute Gasteiger partial charge is 0.469 e. The molecule has 1 N–H and O–H groups in total. The zero-order valence-corrected chi connectivity index (χ0v) is 11.8. The number of ether oxygens (including phenoxy) is 1. The first-order valence-corrected chi connectivity index (χ1v) is 6.47. The first kappa shape index (κ1) is 13.9. The standard InChI is InChI=1S/C14H21NO4/c1-9-5-12(18-8-9)10-6-15(7-11(10)16)13(17)19-14(2,3)4/h5,8,10-11,16H,6-7H2,1-4H3. The highest BCUT2D eigenvalue weighted by Gasteiger charge is 2.38. The van der Waals surface area contributed by atoms with Crippen molar-refractivity contribution in [2.24, 2.45) is 0 Å². The molecular formula is C14H21NO4. The van der Waals surface area contributed by atoms with Gasteiger partial charge in [0, 0.05) is 6.54 Å². The first-order valence-electron chi connectivity index (χ1n) is 6.47. The summed E-state index contributed by atoms with van der Waals surface area (Å²) in [5.74, 6) is 0.539. The van der Waals surface area contributed by atoms with E-state index in [1.807, 2.05) is 33.8 Å². The summed E-state index contributed by atoms with van der Waals surface area (Å²) in [6.45, 7) is 8.10. The summed E-state index contributed by atoms with van der Waals surface area (Å²) in [5.41, 5.74) is 0.486. The molecule has 0 radical (unpaired) electrons. The van der Waals surface area contributed by atoms with Gasteiger partial charge >= 0.3 is 6.09 Å². The van der Waals surface area contributed by atoms with E-state index >= 15 is 0 Å². The van der Waals surface area contributed by atoms with Crippen molar-refractivity contribution < 1.29 is 19.1 Å². The summed E-state index contributed by atoms with van der Waals surface area (Å²) in [6.07, 6.45) is 0.647. The highest BCUT2D eigenvalue weighted by atomic mass is 16.6. The Morgan fingerprint density at radius 3 is 2.68 bits per heavy atom. The summed E-state index contributed by atoms with van der Waals surface area (Å²) in [6, 6.07) is 1.90. The lowest BCUT2D eigenvalue weighted by Gasteiger charge is -2.24. The molecular weight excluding hydrogens is 246 g/mol. The normalized spacial score (nSPS) is 23.7. The van der Waals surface area contributed by atoms with Crippen molar-refractivity contribution in [2.75, 3.05) is 13.1 Å². The Morgan fingerprint density at radius 1 is 1.47 bits per heavy atom. The number of hydrogen-bond acceptors (Lipinski definition) is 4. The lowest BCUT2D eigenvalue weighted by Crippen LogP contribution is -2.35. The number of amides is 1. The fourth-order valence-electron chi connectivity index (χ4n) is 2.19. The van der Waals surface area contributed by atoms with Gasteiger partial charge in [-0.1, -0.05) is 0 Å². The molecule has 2 atom stereocenters. The molecule has 1 aliphatic rings. The van der Waals surface area contributed by atoms with Crippen LogP contribution in [0, 0.1) is 6.92 Å². The monoisotopic (exact) mass is 267 g/mol. The maximum atomic E-state index is 12.0. The Balaban J connectivity index is 2.03. The van der Waals surface area contributed by atoms with Gasteiger partial charge in [-0.3, -0.25) is 0 Å². The third kappa shape index (κ3) is 3.29. The lowest BCUT2D eigenvalue weighted by atomic mass is 10.0. The Bertz CT molecular complexity index is 460. The van der Waals surface area contributed by atoms with Gasteiger partial charge in [-0.05, 0) is 39.3 Å². The molecule has 1 aromatic heterocycles. The number of furan rings is 1. The fraction of sp³-hybridized carbons (Fsp3) is 0.643. The Hall–Kier alpha value is -1.49. The zero-order chi connectivity index (χ0) is 14.2. The van der Waals surface area contributed by atoms with Crippen LogP contribution in [-0.4, -0.2) is 40.9 Å². The number of carbonyl (C=O) groups excluding carboxylic acids is 1. The van der Waals surface area contributed by atoms with Crippen LogP contribution >= 0.6 is 0 Å². The SMILES string of the molecule is Cc1coc(C2CN(C(=O)OC(C)(C)C)CC2O)c1. The molecule has 1 saturated heterocycles. The van der Waals surface area contributed by atoms with E-state index < -0.39 is 17.8 Å². The minimum atomic E-state index is -0.613. The van der Waals surface area contributed by atoms with Gasteiger partial charge in [0.25, 0.3) is 0 Å². The van der Waals surface area contributed by atoms with E-state index in [4.69, 9.17) is 9.15 Å². The van der Waals surface area contributed by atoms with Crippen LogP contribution in [0.15, 0.2) is 16.7 Å². The quantitative estimate of drug-likeness (QED) is 0.848. The van der Waals surface area contributed by atoms with Gasteiger partial charge in [-0.15, -0.1) is 0 Å². The molecule has 1 aromatic rings. The van der Waals surface area contributed by atoms with Crippen molar-refractivity contribution in [1.29, 1.82) is 0 Å². The molecule has 2 rings (SSSR count). The third-order valence-corrected chi connectivity index (χ3v) is 3.06. The van der Waals surface area contributed by atoms with Gasteiger partial charge in [0.1, 0.15) is 11.4 Å². The van der Waals surface area contributed by atoms with Gasteiger partial charge in [0.05, 0.1) is 24.8 Å². The van der Waals surface area contributed by atoms with E-state index in [1.54, 1.807) is 6.26 Å². The van der Waals surface area contributed by atoms with E-state index in [0.717, 1.165) is 11.3 Å². The lowest BCUT2D eigenvalue weighted by molar-refractivity contribution is 0.0270. The van der Waals surface area contributed by atoms with Crippen molar-refractivity contribution in [1.82, 2.24) is 4.90 Å². The van der Waals surface area contributed by atoms with Crippen LogP contribution in [0.4, 0.5) is 4.79 Å². The Labute approximate surface area is 113 Å². The van der Waals surface area contributed by atoms with E-state index in [2.05, 4.69) is 0 Å². The molecule has 0 aromatic carbocycles. The first-order chi connectivity index (χ1) is 8.76. The average Bonchev–Trinajstić information content (AvgIpc) is 2.82. The number of aliphatic hydroxyl groups is 1. The van der Waals surface area contributed by atoms with Gasteiger partial charge in [-0.25, -0.2) is 4.79 Å². The van der Waals surface area contributed by atoms with Crippen LogP contribution in [-0.2, 0) is 4.74 Å². The molecule has 1 amide bonds. The number of nitrogens with zero attached hydrogens (tertiary/aromatic N) is 1. The van der Waals surface area contributed by atoms with Crippen LogP contribution < -0.4 is 0 Å². The minimum Gasteiger partial charge on any atom is -0.469 e. The van der Waals surface area contributed by atoms with E-state index in [-0.39, 0.29) is 12.5 Å². The summed E-state index contributed by atoms with van der Waals surface area (Å²) < 4.78 is 10.7. The second-order valence-corrected chi connectivity index (χ2v) is 6.09. The number of hydrogen-bond donors (Lipinski definition) is 1. The van der Waals surface area contributed by atoms with Gasteiger partial charge in [-0.2, -0.15) is 0 Å². The molecule has 106 valence electrons. The average molecular weight is 267 g/mol. The van der Waals surface area contributed by atoms with Crippen LogP contribution in [0.3, 0.4) is 0 Å². The number of rotatable bonds is 1. The molecule has 19 heavy (non-hydrogen) atoms. The summed E-state index contributed by atoms with van der Waals surface area (Å²) >= 11 is 0. The zero-order valence-electron chi connectivity index (χ0n) is 11.8. The number of likely N-dealkylation sites (tertiary alicyclic amines) is 1. The Morgan fingerprint density at radius 2 is 2.16 bits per heavy atom. The van der Waals surface area contributed by atoms with Crippen LogP contribution in [0.1, 0.15) is 38.0 Å². The van der Waals surface area contributed by atoms with E-state index in [1.165, 1.54) is 4.90 Å². The molecule has 0 saturated carbocycles. The molecule has 1 fully saturated rings. The van der Waals surface area contributed by atoms with E-state index in [0.29, 0.717) is 6.54 Å². The summed E-state index contributed by atoms with van der Waals surface area (Å²) in [4.78, 5) is 13.5. The van der Waals surface area contributed by atoms with Crippen molar-refractivity contribution in [3.05, 3.63) is 23.7 Å². The number of aryl methyl sites for hydroxylation is 1. The summed E-state index contributed by atoms with van der Waals surface area (Å²) in [5, 5.41) is 10.1. The molecule has 5 nitrogen and oxygen atoms in total. The highest BCUT2D eigenvalue weighted by molar-refractivity contribution is 5.68. The third-order valence-electron chi connectivity index (χ3n) is 3.06. The van der Waals surface area contributed by atoms with Crippen LogP contribution in [0.25, 0.3) is 0 Å². The Kier molecular flexibility index (Phi) is 3.58. The molecule has 2 heterocycles. The van der Waals surface area contributed by atoms with Crippen molar-refractivity contribution in [3.63, 3.8) is 0 Å². The predicted octanol–water partition coefficient (Wildman–Crippen LogP) is 2.28. The molecule has 0 bridgehead atoms. The van der Waals surface area contributed by atoms with Crippen molar-refractivity contribution in [2.45, 2.75) is 45.3 Å². The van der Waals surface area contributed by atoms with Gasteiger partial charge < -0.3 is 19.2 Å². The van der Waals surface area contributed by atoms with Crippen LogP contribution in [0.2, 0.25) is 0 Å². The number of carbonyl (C=O) groups is 1. The fourth-order valence-corrected chi connectivity index (χ4v) is 2.19. The smallest absolute Gasteiger partial charge is 0.410 e. The molecule has 5 heteroatoms. The van der Waals surface area contributed by atoms with E-state index in [9.17, 15) is 9.90 Å². The maximum absolute atomic E-state index is 12.0. The van der Waals surface area contributed by atoms with Gasteiger partial charge in [0.2, 0.25) is 0 Å². The number of β-amino-alcohol motifs (C(OH)–C–C–N with tert-alkyl or cyclic N) is 1. The second kappa shape index (κ2) is 4.89. The molecule has 0 spiro atoms. The predicted molar refractivity (Wildman–Crippen MR) is 70.0 cm³/mol. The molecule has 2 unspecified atom stereocenters. The van der Waals surface area contributed by atoms with Crippen molar-refractivity contribution in [3.8, 4) is 0 Å². The molecule has 0 aliphatic carbocycles.